The Hall–Kier alpha value is -2.65. The van der Waals surface area contributed by atoms with Gasteiger partial charge in [0.1, 0.15) is 5.75 Å². The topological polar surface area (TPSA) is 101 Å². The Morgan fingerprint density at radius 3 is 2.56 bits per heavy atom. The average molecular weight is 393 g/mol. The number of hydrogen-bond acceptors (Lipinski definition) is 6. The maximum Gasteiger partial charge on any atom is 0.347 e. The Kier molecular flexibility index (Phi) is 7.14. The van der Waals surface area contributed by atoms with Gasteiger partial charge >= 0.3 is 12.0 Å². The van der Waals surface area contributed by atoms with E-state index < -0.39 is 11.6 Å². The lowest BCUT2D eigenvalue weighted by atomic mass is 10.1. The first kappa shape index (κ1) is 20.7. The van der Waals surface area contributed by atoms with Crippen LogP contribution in [-0.2, 0) is 9.53 Å². The van der Waals surface area contributed by atoms with Gasteiger partial charge in [-0.05, 0) is 45.0 Å². The van der Waals surface area contributed by atoms with Crippen molar-refractivity contribution in [2.45, 2.75) is 26.4 Å². The fraction of sp³-hybridized carbons (Fsp3) is 0.389. The fourth-order valence-corrected chi connectivity index (χ4v) is 2.64. The monoisotopic (exact) mass is 393 g/mol. The van der Waals surface area contributed by atoms with Gasteiger partial charge in [-0.2, -0.15) is 0 Å². The molecule has 0 aliphatic carbocycles. The van der Waals surface area contributed by atoms with Crippen LogP contribution in [0, 0.1) is 0 Å². The molecule has 0 bridgehead atoms. The van der Waals surface area contributed by atoms with Gasteiger partial charge in [-0.25, -0.2) is 14.6 Å². The molecule has 0 spiro atoms. The van der Waals surface area contributed by atoms with Gasteiger partial charge in [-0.1, -0.05) is 0 Å². The lowest BCUT2D eigenvalue weighted by Crippen LogP contribution is -2.38. The van der Waals surface area contributed by atoms with Crippen molar-refractivity contribution in [3.05, 3.63) is 35.8 Å². The number of ether oxygens (including phenoxy) is 2. The normalized spacial score (nSPS) is 11.1. The largest absolute Gasteiger partial charge is 0.478 e. The Morgan fingerprint density at radius 2 is 2.00 bits per heavy atom. The van der Waals surface area contributed by atoms with E-state index in [4.69, 9.17) is 14.6 Å². The summed E-state index contributed by atoms with van der Waals surface area (Å²) >= 11 is 1.33. The van der Waals surface area contributed by atoms with E-state index in [1.54, 1.807) is 35.8 Å². The van der Waals surface area contributed by atoms with Gasteiger partial charge in [0, 0.05) is 23.9 Å². The van der Waals surface area contributed by atoms with E-state index in [9.17, 15) is 9.59 Å². The van der Waals surface area contributed by atoms with E-state index in [0.29, 0.717) is 36.3 Å². The third-order valence-corrected chi connectivity index (χ3v) is 4.28. The van der Waals surface area contributed by atoms with Crippen LogP contribution in [0.15, 0.2) is 35.8 Å². The van der Waals surface area contributed by atoms with Crippen LogP contribution in [0.2, 0.25) is 0 Å². The molecule has 2 aromatic rings. The zero-order valence-electron chi connectivity index (χ0n) is 15.5. The van der Waals surface area contributed by atoms with Crippen molar-refractivity contribution in [1.29, 1.82) is 0 Å². The van der Waals surface area contributed by atoms with Gasteiger partial charge in [-0.3, -0.25) is 10.2 Å². The highest BCUT2D eigenvalue weighted by molar-refractivity contribution is 7.13. The smallest absolute Gasteiger partial charge is 0.347 e. The van der Waals surface area contributed by atoms with E-state index >= 15 is 0 Å². The molecule has 0 aliphatic rings. The lowest BCUT2D eigenvalue weighted by Gasteiger charge is -2.24. The summed E-state index contributed by atoms with van der Waals surface area (Å²) in [6, 6.07) is 6.32. The van der Waals surface area contributed by atoms with E-state index in [2.05, 4.69) is 10.3 Å². The number of hydrogen-bond donors (Lipinski definition) is 2. The Balaban J connectivity index is 2.14. The number of amides is 2. The summed E-state index contributed by atoms with van der Waals surface area (Å²) in [6.07, 6.45) is 1.61. The Labute approximate surface area is 161 Å². The summed E-state index contributed by atoms with van der Waals surface area (Å²) in [5.74, 6) is -0.663. The second kappa shape index (κ2) is 9.33. The van der Waals surface area contributed by atoms with Crippen LogP contribution in [0.3, 0.4) is 0 Å². The standard InChI is InChI=1S/C18H23N3O5S/c1-4-25-11-10-21(17(24)20-16-19-9-12-27-16)13-5-7-14(8-6-13)26-18(2,3)15(22)23/h5-9,12H,4,10-11H2,1-3H3,(H,22,23)(H,19,20,24). The molecular weight excluding hydrogens is 370 g/mol. The van der Waals surface area contributed by atoms with Crippen molar-refractivity contribution >= 4 is 34.2 Å². The molecule has 27 heavy (non-hydrogen) atoms. The first-order chi connectivity index (χ1) is 12.8. The zero-order chi connectivity index (χ0) is 19.9. The van der Waals surface area contributed by atoms with Gasteiger partial charge in [0.25, 0.3) is 0 Å². The van der Waals surface area contributed by atoms with E-state index in [0.717, 1.165) is 0 Å². The highest BCUT2D eigenvalue weighted by Crippen LogP contribution is 2.24. The lowest BCUT2D eigenvalue weighted by molar-refractivity contribution is -0.152. The summed E-state index contributed by atoms with van der Waals surface area (Å²) in [4.78, 5) is 29.4. The minimum Gasteiger partial charge on any atom is -0.478 e. The average Bonchev–Trinajstić information content (AvgIpc) is 3.12. The number of benzene rings is 1. The van der Waals surface area contributed by atoms with Crippen molar-refractivity contribution < 1.29 is 24.2 Å². The third kappa shape index (κ3) is 5.93. The van der Waals surface area contributed by atoms with Gasteiger partial charge < -0.3 is 14.6 Å². The van der Waals surface area contributed by atoms with Crippen molar-refractivity contribution in [1.82, 2.24) is 4.98 Å². The number of carbonyl (C=O) groups is 2. The fourth-order valence-electron chi connectivity index (χ4n) is 2.12. The molecule has 0 atom stereocenters. The van der Waals surface area contributed by atoms with Gasteiger partial charge in [-0.15, -0.1) is 11.3 Å². The van der Waals surface area contributed by atoms with Crippen molar-refractivity contribution in [2.75, 3.05) is 30.0 Å². The van der Waals surface area contributed by atoms with Crippen LogP contribution in [0.25, 0.3) is 0 Å². The molecule has 1 aromatic carbocycles. The number of aliphatic carboxylic acids is 1. The number of anilines is 2. The summed E-state index contributed by atoms with van der Waals surface area (Å²) in [5, 5.41) is 14.2. The van der Waals surface area contributed by atoms with E-state index in [1.807, 2.05) is 6.92 Å². The third-order valence-electron chi connectivity index (χ3n) is 3.59. The van der Waals surface area contributed by atoms with E-state index in [-0.39, 0.29) is 6.03 Å². The highest BCUT2D eigenvalue weighted by Gasteiger charge is 2.29. The first-order valence-electron chi connectivity index (χ1n) is 8.41. The molecule has 2 amide bonds. The molecule has 1 aromatic heterocycles. The molecule has 9 heteroatoms. The summed E-state index contributed by atoms with van der Waals surface area (Å²) in [6.45, 7) is 6.12. The molecule has 0 fully saturated rings. The molecule has 8 nitrogen and oxygen atoms in total. The van der Waals surface area contributed by atoms with Crippen molar-refractivity contribution in [3.63, 3.8) is 0 Å². The number of aromatic nitrogens is 1. The minimum absolute atomic E-state index is 0.329. The molecule has 146 valence electrons. The number of urea groups is 1. The molecule has 0 saturated heterocycles. The minimum atomic E-state index is -1.35. The maximum atomic E-state index is 12.6. The summed E-state index contributed by atoms with van der Waals surface area (Å²) < 4.78 is 10.9. The molecule has 0 radical (unpaired) electrons. The number of carbonyl (C=O) groups excluding carboxylic acids is 1. The quantitative estimate of drug-likeness (QED) is 0.633. The van der Waals surface area contributed by atoms with Crippen LogP contribution in [0.5, 0.6) is 5.75 Å². The van der Waals surface area contributed by atoms with Gasteiger partial charge in [0.05, 0.1) is 13.2 Å². The van der Waals surface area contributed by atoms with Crippen LogP contribution < -0.4 is 15.0 Å². The molecule has 0 saturated carbocycles. The van der Waals surface area contributed by atoms with Gasteiger partial charge in [0.2, 0.25) is 0 Å². The second-order valence-electron chi connectivity index (χ2n) is 6.03. The molecule has 0 unspecified atom stereocenters. The van der Waals surface area contributed by atoms with Crippen LogP contribution in [0.1, 0.15) is 20.8 Å². The number of nitrogens with zero attached hydrogens (tertiary/aromatic N) is 2. The summed E-state index contributed by atoms with van der Waals surface area (Å²) in [7, 11) is 0. The van der Waals surface area contributed by atoms with Crippen molar-refractivity contribution in [3.8, 4) is 5.75 Å². The summed E-state index contributed by atoms with van der Waals surface area (Å²) in [5.41, 5.74) is -0.720. The van der Waals surface area contributed by atoms with E-state index in [1.165, 1.54) is 30.1 Å². The van der Waals surface area contributed by atoms with Crippen LogP contribution in [-0.4, -0.2) is 47.5 Å². The number of carboxylic acid groups (broad SMARTS) is 1. The highest BCUT2D eigenvalue weighted by atomic mass is 32.1. The van der Waals surface area contributed by atoms with Crippen LogP contribution in [0.4, 0.5) is 15.6 Å². The molecular formula is C18H23N3O5S. The Morgan fingerprint density at radius 1 is 1.30 bits per heavy atom. The zero-order valence-corrected chi connectivity index (χ0v) is 16.3. The number of carboxylic acids is 1. The number of nitrogens with one attached hydrogen (secondary N) is 1. The SMILES string of the molecule is CCOCCN(C(=O)Nc1nccs1)c1ccc(OC(C)(C)C(=O)O)cc1. The first-order valence-corrected chi connectivity index (χ1v) is 9.29. The van der Waals surface area contributed by atoms with Crippen molar-refractivity contribution in [2.24, 2.45) is 0 Å². The Bertz CT molecular complexity index is 747. The number of thiazole rings is 1. The molecule has 0 aliphatic heterocycles. The molecule has 1 heterocycles. The second-order valence-corrected chi connectivity index (χ2v) is 6.92. The van der Waals surface area contributed by atoms with Crippen LogP contribution >= 0.6 is 11.3 Å². The predicted octanol–water partition coefficient (Wildman–Crippen LogP) is 3.46. The maximum absolute atomic E-state index is 12.6. The van der Waals surface area contributed by atoms with Gasteiger partial charge in [0.15, 0.2) is 10.7 Å². The molecule has 2 N–H and O–H groups in total. The molecule has 2 rings (SSSR count). The predicted molar refractivity (Wildman–Crippen MR) is 104 cm³/mol. The number of rotatable bonds is 9.